The second kappa shape index (κ2) is 5.79. The summed E-state index contributed by atoms with van der Waals surface area (Å²) in [4.78, 5) is 26.0. The van der Waals surface area contributed by atoms with Gasteiger partial charge in [-0.25, -0.2) is 0 Å². The Bertz CT molecular complexity index is 478. The molecule has 0 aliphatic carbocycles. The van der Waals surface area contributed by atoms with Crippen molar-refractivity contribution < 1.29 is 9.53 Å². The molecule has 1 aromatic rings. The number of aromatic amines is 1. The topological polar surface area (TPSA) is 83.2 Å². The van der Waals surface area contributed by atoms with E-state index in [1.54, 1.807) is 13.0 Å². The Morgan fingerprint density at radius 2 is 2.39 bits per heavy atom. The molecular formula is C12H17N3O3. The van der Waals surface area contributed by atoms with Crippen LogP contribution in [0.25, 0.3) is 0 Å². The molecule has 1 fully saturated rings. The monoisotopic (exact) mass is 251 g/mol. The maximum atomic E-state index is 11.8. The number of amides is 1. The zero-order valence-corrected chi connectivity index (χ0v) is 10.3. The number of aromatic nitrogens is 1. The molecule has 0 bridgehead atoms. The molecule has 18 heavy (non-hydrogen) atoms. The Hall–Kier alpha value is -1.66. The van der Waals surface area contributed by atoms with Crippen molar-refractivity contribution in [2.45, 2.75) is 13.0 Å². The molecule has 98 valence electrons. The number of aryl methyl sites for hydroxylation is 1. The van der Waals surface area contributed by atoms with E-state index in [2.05, 4.69) is 15.6 Å². The Morgan fingerprint density at radius 1 is 1.56 bits per heavy atom. The minimum absolute atomic E-state index is 0.104. The molecule has 2 rings (SSSR count). The van der Waals surface area contributed by atoms with Crippen LogP contribution in [0.5, 0.6) is 0 Å². The molecule has 1 atom stereocenters. The van der Waals surface area contributed by atoms with Crippen molar-refractivity contribution in [3.05, 3.63) is 33.7 Å². The number of ether oxygens (including phenoxy) is 1. The smallest absolute Gasteiger partial charge is 0.260 e. The van der Waals surface area contributed by atoms with Crippen molar-refractivity contribution in [3.63, 3.8) is 0 Å². The van der Waals surface area contributed by atoms with Gasteiger partial charge in [0.15, 0.2) is 0 Å². The number of carbonyl (C=O) groups excluding carboxylic acids is 1. The molecule has 6 heteroatoms. The van der Waals surface area contributed by atoms with E-state index >= 15 is 0 Å². The van der Waals surface area contributed by atoms with E-state index in [1.807, 2.05) is 0 Å². The Kier molecular flexibility index (Phi) is 4.11. The van der Waals surface area contributed by atoms with Crippen molar-refractivity contribution in [1.82, 2.24) is 15.6 Å². The first-order valence-corrected chi connectivity index (χ1v) is 5.96. The van der Waals surface area contributed by atoms with Gasteiger partial charge in [0.2, 0.25) is 0 Å². The van der Waals surface area contributed by atoms with E-state index in [9.17, 15) is 9.59 Å². The van der Waals surface area contributed by atoms with E-state index in [0.29, 0.717) is 19.8 Å². The number of H-pyrrole nitrogens is 1. The van der Waals surface area contributed by atoms with Crippen molar-refractivity contribution in [3.8, 4) is 0 Å². The van der Waals surface area contributed by atoms with Gasteiger partial charge in [0.1, 0.15) is 5.56 Å². The van der Waals surface area contributed by atoms with Crippen LogP contribution in [0.1, 0.15) is 16.1 Å². The quantitative estimate of drug-likeness (QED) is 0.670. The number of morpholine rings is 1. The van der Waals surface area contributed by atoms with Crippen LogP contribution >= 0.6 is 0 Å². The lowest BCUT2D eigenvalue weighted by Gasteiger charge is -2.23. The van der Waals surface area contributed by atoms with Crippen molar-refractivity contribution in [2.24, 2.45) is 0 Å². The van der Waals surface area contributed by atoms with Crippen LogP contribution in [-0.2, 0) is 4.74 Å². The number of hydrogen-bond donors (Lipinski definition) is 3. The zero-order valence-electron chi connectivity index (χ0n) is 10.3. The highest BCUT2D eigenvalue weighted by Gasteiger charge is 2.15. The summed E-state index contributed by atoms with van der Waals surface area (Å²) in [7, 11) is 0. The summed E-state index contributed by atoms with van der Waals surface area (Å²) in [5, 5.41) is 5.95. The predicted octanol–water partition coefficient (Wildman–Crippen LogP) is -0.598. The van der Waals surface area contributed by atoms with Gasteiger partial charge in [-0.3, -0.25) is 9.59 Å². The lowest BCUT2D eigenvalue weighted by molar-refractivity contribution is 0.0734. The van der Waals surface area contributed by atoms with Crippen molar-refractivity contribution in [2.75, 3.05) is 26.3 Å². The molecule has 0 saturated carbocycles. The fraction of sp³-hybridized carbons (Fsp3) is 0.500. The van der Waals surface area contributed by atoms with Gasteiger partial charge in [0.25, 0.3) is 11.5 Å². The third-order valence-electron chi connectivity index (χ3n) is 2.81. The van der Waals surface area contributed by atoms with Gasteiger partial charge in [-0.1, -0.05) is 0 Å². The molecule has 0 spiro atoms. The van der Waals surface area contributed by atoms with Gasteiger partial charge in [-0.2, -0.15) is 0 Å². The van der Waals surface area contributed by atoms with Gasteiger partial charge in [0, 0.05) is 24.8 Å². The van der Waals surface area contributed by atoms with Gasteiger partial charge in [-0.05, 0) is 19.1 Å². The average Bonchev–Trinajstić information content (AvgIpc) is 2.37. The van der Waals surface area contributed by atoms with Crippen LogP contribution in [0.3, 0.4) is 0 Å². The summed E-state index contributed by atoms with van der Waals surface area (Å²) in [6.45, 7) is 4.27. The summed E-state index contributed by atoms with van der Waals surface area (Å²) < 4.78 is 5.28. The van der Waals surface area contributed by atoms with E-state index in [1.165, 1.54) is 6.07 Å². The number of carbonyl (C=O) groups is 1. The third kappa shape index (κ3) is 3.18. The Labute approximate surface area is 105 Å². The van der Waals surface area contributed by atoms with Crippen LogP contribution in [0, 0.1) is 6.92 Å². The highest BCUT2D eigenvalue weighted by atomic mass is 16.5. The molecular weight excluding hydrogens is 234 g/mol. The van der Waals surface area contributed by atoms with Gasteiger partial charge in [0.05, 0.1) is 13.2 Å². The number of pyridine rings is 1. The fourth-order valence-corrected chi connectivity index (χ4v) is 1.81. The summed E-state index contributed by atoms with van der Waals surface area (Å²) in [5.74, 6) is -0.358. The first-order valence-electron chi connectivity index (χ1n) is 5.96. The first-order chi connectivity index (χ1) is 8.66. The molecule has 0 radical (unpaired) electrons. The maximum Gasteiger partial charge on any atom is 0.260 e. The van der Waals surface area contributed by atoms with Crippen LogP contribution in [0.4, 0.5) is 0 Å². The van der Waals surface area contributed by atoms with E-state index in [0.717, 1.165) is 12.2 Å². The summed E-state index contributed by atoms with van der Waals surface area (Å²) in [6.07, 6.45) is 0. The molecule has 6 nitrogen and oxygen atoms in total. The summed E-state index contributed by atoms with van der Waals surface area (Å²) >= 11 is 0. The lowest BCUT2D eigenvalue weighted by atomic mass is 10.2. The molecule has 1 aliphatic heterocycles. The zero-order chi connectivity index (χ0) is 13.0. The van der Waals surface area contributed by atoms with Crippen LogP contribution in [0.2, 0.25) is 0 Å². The second-order valence-electron chi connectivity index (χ2n) is 4.32. The molecule has 0 aromatic carbocycles. The first kappa shape index (κ1) is 12.8. The van der Waals surface area contributed by atoms with E-state index < -0.39 is 0 Å². The molecule has 2 heterocycles. The highest BCUT2D eigenvalue weighted by Crippen LogP contribution is 1.95. The lowest BCUT2D eigenvalue weighted by Crippen LogP contribution is -2.48. The van der Waals surface area contributed by atoms with Crippen LogP contribution < -0.4 is 16.2 Å². The molecule has 1 aromatic heterocycles. The van der Waals surface area contributed by atoms with Crippen LogP contribution in [-0.4, -0.2) is 43.2 Å². The van der Waals surface area contributed by atoms with Crippen molar-refractivity contribution >= 4 is 5.91 Å². The number of rotatable bonds is 3. The molecule has 1 saturated heterocycles. The van der Waals surface area contributed by atoms with Crippen molar-refractivity contribution in [1.29, 1.82) is 0 Å². The molecule has 3 N–H and O–H groups in total. The SMILES string of the molecule is Cc1ccc(C(=O)NCC2COCCN2)c(=O)[nH]1. The van der Waals surface area contributed by atoms with Gasteiger partial charge >= 0.3 is 0 Å². The van der Waals surface area contributed by atoms with E-state index in [4.69, 9.17) is 4.74 Å². The molecule has 1 unspecified atom stereocenters. The largest absolute Gasteiger partial charge is 0.378 e. The third-order valence-corrected chi connectivity index (χ3v) is 2.81. The van der Waals surface area contributed by atoms with Gasteiger partial charge < -0.3 is 20.4 Å². The Balaban J connectivity index is 1.93. The van der Waals surface area contributed by atoms with Crippen LogP contribution in [0.15, 0.2) is 16.9 Å². The highest BCUT2D eigenvalue weighted by molar-refractivity contribution is 5.93. The standard InChI is InChI=1S/C12H17N3O3/c1-8-2-3-10(12(17)15-8)11(16)14-6-9-7-18-5-4-13-9/h2-3,9,13H,4-7H2,1H3,(H,14,16)(H,15,17). The second-order valence-corrected chi connectivity index (χ2v) is 4.32. The number of hydrogen-bond acceptors (Lipinski definition) is 4. The number of nitrogens with one attached hydrogen (secondary N) is 3. The molecule has 1 amide bonds. The normalized spacial score (nSPS) is 19.5. The minimum Gasteiger partial charge on any atom is -0.378 e. The minimum atomic E-state index is -0.361. The average molecular weight is 251 g/mol. The summed E-state index contributed by atoms with van der Waals surface area (Å²) in [6, 6.07) is 3.35. The van der Waals surface area contributed by atoms with E-state index in [-0.39, 0.29) is 23.1 Å². The predicted molar refractivity (Wildman–Crippen MR) is 66.7 cm³/mol. The Morgan fingerprint density at radius 3 is 3.06 bits per heavy atom. The van der Waals surface area contributed by atoms with Gasteiger partial charge in [-0.15, -0.1) is 0 Å². The summed E-state index contributed by atoms with van der Waals surface area (Å²) in [5.41, 5.74) is 0.511. The molecule has 1 aliphatic rings. The maximum absolute atomic E-state index is 11.8. The fourth-order valence-electron chi connectivity index (χ4n) is 1.81.